The molecule has 51 heteroatoms. The molecule has 0 saturated carbocycles. The fraction of sp³-hybridized carbons (Fsp3) is 0. The minimum Gasteiger partial charge on any atom is -1.00 e. The Hall–Kier alpha value is -0.647. The van der Waals surface area contributed by atoms with E-state index < -0.39 is 0 Å². The van der Waals surface area contributed by atoms with E-state index in [4.69, 9.17) is 156 Å². The van der Waals surface area contributed by atoms with E-state index in [0.717, 1.165) is 0 Å². The fourth-order valence-corrected chi connectivity index (χ4v) is 0. The van der Waals surface area contributed by atoms with Gasteiger partial charge in [-0.2, -0.15) is 0 Å². The molecule has 0 aromatic heterocycles. The number of rotatable bonds is 0. The van der Waals surface area contributed by atoms with Crippen LogP contribution in [-0.4, -0.2) is 345 Å². The first-order chi connectivity index (χ1) is 22.6. The molecule has 0 amide bonds. The molecule has 0 atom stereocenters. The van der Waals surface area contributed by atoms with Gasteiger partial charge in [0.25, 0.3) is 0 Å². The van der Waals surface area contributed by atoms with Crippen molar-refractivity contribution in [3.63, 3.8) is 0 Å². The molecule has 0 aromatic carbocycles. The van der Waals surface area contributed by atoms with Crippen LogP contribution in [0.1, 0.15) is 8.56 Å². The summed E-state index contributed by atoms with van der Waals surface area (Å²) in [7, 11) is -4.00. The van der Waals surface area contributed by atoms with Crippen LogP contribution >= 0.6 is 0 Å². The Morgan fingerprint density at radius 3 is 0.157 bits per heavy atom. The fourth-order valence-electron chi connectivity index (χ4n) is 0. The van der Waals surface area contributed by atoms with Crippen LogP contribution in [0.3, 0.4) is 0 Å². The van der Waals surface area contributed by atoms with Crippen LogP contribution in [0, 0.1) is 0 Å². The van der Waals surface area contributed by atoms with Crippen molar-refractivity contribution in [2.45, 2.75) is 0 Å². The van der Waals surface area contributed by atoms with Gasteiger partial charge in [-0.15, -0.1) is 0 Å². The predicted molar refractivity (Wildman–Crippen MR) is 162 cm³/mol. The summed E-state index contributed by atoms with van der Waals surface area (Å²) in [5.41, 5.74) is 0. The van der Waals surface area contributed by atoms with E-state index in [1.54, 1.807) is 0 Å². The van der Waals surface area contributed by atoms with Gasteiger partial charge in [-0.25, -0.2) is 0 Å². The molecule has 16 N–H and O–H groups in total. The molecule has 0 aliphatic carbocycles. The average Bonchev–Trinajstić information content (AvgIpc) is 2.96. The third kappa shape index (κ3) is 265000. The molecule has 0 aromatic rings. The maximum absolute atomic E-state index is 8.36. The largest absolute Gasteiger partial charge is 2.00 e. The van der Waals surface area contributed by atoms with Crippen molar-refractivity contribution in [1.82, 2.24) is 0 Å². The third-order valence-electron chi connectivity index (χ3n) is 0. The maximum Gasteiger partial charge on any atom is 2.00 e. The van der Waals surface area contributed by atoms with Gasteiger partial charge in [0.15, 0.2) is 0 Å². The van der Waals surface area contributed by atoms with Crippen molar-refractivity contribution in [2.75, 3.05) is 0 Å². The van der Waals surface area contributed by atoms with E-state index in [1.807, 2.05) is 0 Å². The van der Waals surface area contributed by atoms with Gasteiger partial charge in [-0.05, 0) is 0 Å². The van der Waals surface area contributed by atoms with Crippen molar-refractivity contribution >= 4 is 264 Å². The standard InChI is InChI=1S/16BHO2.3Ba.6H/c16*2-1-3;;;;;;;;;/h16*2H;;;;;;;;;/q;;;;;;;;;;;;;;;;3*+2;6*-1. The molecule has 0 radical (unpaired) electrons. The summed E-state index contributed by atoms with van der Waals surface area (Å²) in [5.74, 6) is 0. The molecule has 0 rings (SSSR count). The molecule has 0 aliphatic rings. The first-order valence-corrected chi connectivity index (χ1v) is 7.90. The quantitative estimate of drug-likeness (QED) is 0.100. The van der Waals surface area contributed by atoms with Crippen molar-refractivity contribution in [3.05, 3.63) is 0 Å². The van der Waals surface area contributed by atoms with Crippen LogP contribution in [0.5, 0.6) is 0 Å². The molecule has 0 aliphatic heterocycles. The second-order valence-electron chi connectivity index (χ2n) is 1.69. The van der Waals surface area contributed by atoms with E-state index >= 15 is 0 Å². The predicted octanol–water partition coefficient (Wildman–Crippen LogP) is -17.4. The van der Waals surface area contributed by atoms with Crippen LogP contribution in [0.4, 0.5) is 0 Å². The Labute approximate surface area is 422 Å². The summed E-state index contributed by atoms with van der Waals surface area (Å²) >= 11 is 0. The van der Waals surface area contributed by atoms with Gasteiger partial charge in [-0.1, -0.05) is 0 Å². The van der Waals surface area contributed by atoms with E-state index in [9.17, 15) is 0 Å². The van der Waals surface area contributed by atoms with Gasteiger partial charge in [0.05, 0.1) is 0 Å². The molecular formula is H22B16Ba3O32. The second kappa shape index (κ2) is 490. The van der Waals surface area contributed by atoms with Crippen molar-refractivity contribution in [3.8, 4) is 0 Å². The third-order valence-corrected chi connectivity index (χ3v) is 0. The van der Waals surface area contributed by atoms with Crippen LogP contribution in [0.2, 0.25) is 0 Å². The Morgan fingerprint density at radius 1 is 0.157 bits per heavy atom. The summed E-state index contributed by atoms with van der Waals surface area (Å²) < 4.78 is 134. The molecule has 0 spiro atoms. The van der Waals surface area contributed by atoms with Crippen molar-refractivity contribution < 1.29 is 164 Å². The van der Waals surface area contributed by atoms with Crippen molar-refractivity contribution in [1.29, 1.82) is 0 Å². The maximum atomic E-state index is 8.36. The zero-order valence-corrected chi connectivity index (χ0v) is 38.4. The molecule has 0 fully saturated rings. The zero-order chi connectivity index (χ0) is 43.3. The molecule has 32 nitrogen and oxygen atoms in total. The number of hydrogen-bond donors (Lipinski definition) is 16. The van der Waals surface area contributed by atoms with Crippen LogP contribution in [0.25, 0.3) is 0 Å². The van der Waals surface area contributed by atoms with E-state index in [0.29, 0.717) is 0 Å². The Bertz CT molecular complexity index is 400. The topological polar surface area (TPSA) is 597 Å². The summed E-state index contributed by atoms with van der Waals surface area (Å²) in [5, 5.41) is 110. The first-order valence-electron chi connectivity index (χ1n) is 7.90. The Balaban J connectivity index is -0.00000000824. The summed E-state index contributed by atoms with van der Waals surface area (Å²) in [6, 6.07) is 0. The van der Waals surface area contributed by atoms with Gasteiger partial charge in [0.2, 0.25) is 0 Å². The molecule has 268 valence electrons. The molecular weight excluding hydrogens is 1100 g/mol. The molecule has 0 bridgehead atoms. The smallest absolute Gasteiger partial charge is 1.00 e. The summed E-state index contributed by atoms with van der Waals surface area (Å²) in [4.78, 5) is 0. The Morgan fingerprint density at radius 2 is 0.157 bits per heavy atom. The molecule has 0 unspecified atom stereocenters. The zero-order valence-electron chi connectivity index (χ0n) is 31.0. The minimum absolute atomic E-state index is 0. The summed E-state index contributed by atoms with van der Waals surface area (Å²) in [6.07, 6.45) is 0. The average molecular weight is 1120 g/mol. The van der Waals surface area contributed by atoms with Crippen LogP contribution in [0.15, 0.2) is 0 Å². The Kier molecular flexibility index (Phi) is 1200. The van der Waals surface area contributed by atoms with Crippen LogP contribution in [-0.2, 0) is 75.3 Å². The van der Waals surface area contributed by atoms with Crippen LogP contribution < -0.4 is 0 Å². The van der Waals surface area contributed by atoms with Gasteiger partial charge < -0.3 is 8.56 Å². The molecule has 0 saturated heterocycles. The van der Waals surface area contributed by atoms with E-state index in [-0.39, 0.29) is 273 Å². The first kappa shape index (κ1) is 125. The van der Waals surface area contributed by atoms with Crippen molar-refractivity contribution in [2.24, 2.45) is 0 Å². The van der Waals surface area contributed by atoms with Gasteiger partial charge in [0.1, 0.15) is 0 Å². The van der Waals surface area contributed by atoms with Gasteiger partial charge in [0, 0.05) is 0 Å². The number of hydrogen-bond acceptors (Lipinski definition) is 16. The minimum atomic E-state index is -0.250. The van der Waals surface area contributed by atoms with Gasteiger partial charge >= 0.3 is 420 Å². The summed E-state index contributed by atoms with van der Waals surface area (Å²) in [6.45, 7) is 0. The van der Waals surface area contributed by atoms with E-state index in [1.165, 1.54) is 0 Å². The SMILES string of the molecule is O=BO.O=BO.O=BO.O=BO.O=BO.O=BO.O=BO.O=BO.O=BO.O=BO.O=BO.O=BO.O=BO.O=BO.O=BO.O=BO.[Ba+2].[Ba+2].[Ba+2].[H-].[H-].[H-].[H-].[H-].[H-]. The monoisotopic (exact) mass is 1120 g/mol. The molecule has 0 heterocycles. The van der Waals surface area contributed by atoms with E-state index in [2.05, 4.69) is 0 Å². The van der Waals surface area contributed by atoms with Gasteiger partial charge in [-0.3, -0.25) is 0 Å². The normalized spacial score (nSPS) is 2.51. The second-order valence-corrected chi connectivity index (χ2v) is 1.69. The molecule has 51 heavy (non-hydrogen) atoms.